The molecule has 0 atom stereocenters. The standard InChI is InChI=1S/C12H11F3O3/c1-7(11(16)17)10(12(13,14)15)8-4-3-5-9(6-8)18-2/h3-6H,1-2H3,(H,16,17). The minimum absolute atomic E-state index is 0.229. The molecule has 0 aromatic heterocycles. The Morgan fingerprint density at radius 3 is 2.39 bits per heavy atom. The zero-order valence-corrected chi connectivity index (χ0v) is 9.71. The van der Waals surface area contributed by atoms with E-state index >= 15 is 0 Å². The van der Waals surface area contributed by atoms with E-state index in [1.165, 1.54) is 25.3 Å². The van der Waals surface area contributed by atoms with Crippen LogP contribution in [0.15, 0.2) is 29.8 Å². The van der Waals surface area contributed by atoms with Gasteiger partial charge in [0.25, 0.3) is 0 Å². The number of methoxy groups -OCH3 is 1. The number of allylic oxidation sites excluding steroid dienone is 1. The molecule has 1 aromatic carbocycles. The van der Waals surface area contributed by atoms with Gasteiger partial charge in [-0.2, -0.15) is 13.2 Å². The molecule has 0 bridgehead atoms. The first-order chi connectivity index (χ1) is 8.27. The van der Waals surface area contributed by atoms with Gasteiger partial charge < -0.3 is 9.84 Å². The summed E-state index contributed by atoms with van der Waals surface area (Å²) in [7, 11) is 1.32. The number of carboxylic acid groups (broad SMARTS) is 1. The Morgan fingerprint density at radius 1 is 1.33 bits per heavy atom. The normalized spacial score (nSPS) is 12.9. The van der Waals surface area contributed by atoms with Gasteiger partial charge in [-0.3, -0.25) is 0 Å². The largest absolute Gasteiger partial charge is 0.497 e. The molecule has 1 rings (SSSR count). The third-order valence-electron chi connectivity index (χ3n) is 2.34. The Labute approximate surface area is 101 Å². The number of benzene rings is 1. The van der Waals surface area contributed by atoms with Gasteiger partial charge in [0.05, 0.1) is 12.7 Å². The second kappa shape index (κ2) is 5.12. The highest BCUT2D eigenvalue weighted by atomic mass is 19.4. The SMILES string of the molecule is COc1cccc(C(=C(C)C(=O)O)C(F)(F)F)c1. The van der Waals surface area contributed by atoms with E-state index in [1.54, 1.807) is 0 Å². The van der Waals surface area contributed by atoms with Crippen LogP contribution in [0, 0.1) is 0 Å². The highest BCUT2D eigenvalue weighted by molar-refractivity contribution is 5.97. The predicted octanol–water partition coefficient (Wildman–Crippen LogP) is 3.12. The van der Waals surface area contributed by atoms with Crippen LogP contribution < -0.4 is 4.74 Å². The molecule has 0 amide bonds. The quantitative estimate of drug-likeness (QED) is 0.849. The van der Waals surface area contributed by atoms with E-state index in [2.05, 4.69) is 0 Å². The van der Waals surface area contributed by atoms with Crippen LogP contribution in [0.2, 0.25) is 0 Å². The number of carbonyl (C=O) groups is 1. The first kappa shape index (κ1) is 14.1. The van der Waals surface area contributed by atoms with Crippen molar-refractivity contribution in [3.8, 4) is 5.75 Å². The summed E-state index contributed by atoms with van der Waals surface area (Å²) < 4.78 is 43.5. The number of hydrogen-bond acceptors (Lipinski definition) is 2. The summed E-state index contributed by atoms with van der Waals surface area (Å²) in [6.45, 7) is 0.921. The van der Waals surface area contributed by atoms with Gasteiger partial charge >= 0.3 is 12.1 Å². The van der Waals surface area contributed by atoms with Gasteiger partial charge in [-0.15, -0.1) is 0 Å². The molecular weight excluding hydrogens is 249 g/mol. The molecule has 0 heterocycles. The number of aliphatic carboxylic acids is 1. The molecule has 18 heavy (non-hydrogen) atoms. The fraction of sp³-hybridized carbons (Fsp3) is 0.250. The van der Waals surface area contributed by atoms with E-state index < -0.39 is 23.3 Å². The predicted molar refractivity (Wildman–Crippen MR) is 59.3 cm³/mol. The average molecular weight is 260 g/mol. The number of hydrogen-bond donors (Lipinski definition) is 1. The van der Waals surface area contributed by atoms with E-state index in [0.29, 0.717) is 0 Å². The maximum absolute atomic E-state index is 12.9. The van der Waals surface area contributed by atoms with Crippen molar-refractivity contribution in [2.24, 2.45) is 0 Å². The molecule has 0 spiro atoms. The van der Waals surface area contributed by atoms with Crippen LogP contribution in [-0.2, 0) is 4.79 Å². The molecule has 0 unspecified atom stereocenters. The lowest BCUT2D eigenvalue weighted by Gasteiger charge is -2.14. The van der Waals surface area contributed by atoms with E-state index in [0.717, 1.165) is 13.0 Å². The van der Waals surface area contributed by atoms with E-state index in [-0.39, 0.29) is 11.3 Å². The van der Waals surface area contributed by atoms with Crippen molar-refractivity contribution in [2.45, 2.75) is 13.1 Å². The Balaban J connectivity index is 3.45. The molecule has 3 nitrogen and oxygen atoms in total. The molecule has 0 fully saturated rings. The zero-order chi connectivity index (χ0) is 13.9. The molecule has 1 aromatic rings. The number of carboxylic acids is 1. The van der Waals surface area contributed by atoms with Gasteiger partial charge in [-0.25, -0.2) is 4.79 Å². The summed E-state index contributed by atoms with van der Waals surface area (Å²) in [5.41, 5.74) is -2.16. The number of alkyl halides is 3. The molecule has 6 heteroatoms. The van der Waals surface area contributed by atoms with Crippen molar-refractivity contribution in [3.63, 3.8) is 0 Å². The Bertz CT molecular complexity index is 490. The Hall–Kier alpha value is -1.98. The first-order valence-electron chi connectivity index (χ1n) is 4.93. The van der Waals surface area contributed by atoms with Crippen molar-refractivity contribution in [2.75, 3.05) is 7.11 Å². The maximum atomic E-state index is 12.9. The average Bonchev–Trinajstić information content (AvgIpc) is 2.27. The van der Waals surface area contributed by atoms with Gasteiger partial charge in [-0.1, -0.05) is 12.1 Å². The van der Waals surface area contributed by atoms with Crippen molar-refractivity contribution in [3.05, 3.63) is 35.4 Å². The fourth-order valence-corrected chi connectivity index (χ4v) is 1.48. The molecule has 0 aliphatic rings. The molecule has 98 valence electrons. The molecular formula is C12H11F3O3. The number of ether oxygens (including phenoxy) is 1. The van der Waals surface area contributed by atoms with Gasteiger partial charge in [0.2, 0.25) is 0 Å². The first-order valence-corrected chi connectivity index (χ1v) is 4.93. The van der Waals surface area contributed by atoms with Gasteiger partial charge in [-0.05, 0) is 24.6 Å². The summed E-state index contributed by atoms with van der Waals surface area (Å²) in [6.07, 6.45) is -4.74. The highest BCUT2D eigenvalue weighted by Crippen LogP contribution is 2.37. The fourth-order valence-electron chi connectivity index (χ4n) is 1.48. The van der Waals surface area contributed by atoms with E-state index in [9.17, 15) is 18.0 Å². The van der Waals surface area contributed by atoms with Gasteiger partial charge in [0.15, 0.2) is 0 Å². The summed E-state index contributed by atoms with van der Waals surface area (Å²) in [5.74, 6) is -1.38. The van der Waals surface area contributed by atoms with Crippen LogP contribution in [0.3, 0.4) is 0 Å². The van der Waals surface area contributed by atoms with Crippen molar-refractivity contribution in [1.82, 2.24) is 0 Å². The summed E-state index contributed by atoms with van der Waals surface area (Å²) in [6, 6.07) is 5.19. The molecule has 0 saturated carbocycles. The molecule has 0 aliphatic carbocycles. The monoisotopic (exact) mass is 260 g/mol. The zero-order valence-electron chi connectivity index (χ0n) is 9.71. The molecule has 0 saturated heterocycles. The van der Waals surface area contributed by atoms with Crippen LogP contribution in [0.4, 0.5) is 13.2 Å². The van der Waals surface area contributed by atoms with Crippen LogP contribution in [0.25, 0.3) is 5.57 Å². The van der Waals surface area contributed by atoms with Gasteiger partial charge in [0.1, 0.15) is 5.75 Å². The lowest BCUT2D eigenvalue weighted by Crippen LogP contribution is -2.16. The Morgan fingerprint density at radius 2 is 1.94 bits per heavy atom. The maximum Gasteiger partial charge on any atom is 0.417 e. The number of halogens is 3. The van der Waals surface area contributed by atoms with E-state index in [4.69, 9.17) is 9.84 Å². The van der Waals surface area contributed by atoms with Crippen molar-refractivity contribution in [1.29, 1.82) is 0 Å². The topological polar surface area (TPSA) is 46.5 Å². The lowest BCUT2D eigenvalue weighted by atomic mass is 10.00. The Kier molecular flexibility index (Phi) is 4.00. The lowest BCUT2D eigenvalue weighted by molar-refractivity contribution is -0.133. The van der Waals surface area contributed by atoms with Gasteiger partial charge in [0, 0.05) is 5.57 Å². The van der Waals surface area contributed by atoms with E-state index in [1.807, 2.05) is 0 Å². The minimum Gasteiger partial charge on any atom is -0.497 e. The third-order valence-corrected chi connectivity index (χ3v) is 2.34. The van der Waals surface area contributed by atoms with Crippen molar-refractivity contribution >= 4 is 11.5 Å². The summed E-state index contributed by atoms with van der Waals surface area (Å²) in [5, 5.41) is 8.71. The minimum atomic E-state index is -4.74. The highest BCUT2D eigenvalue weighted by Gasteiger charge is 2.38. The second-order valence-electron chi connectivity index (χ2n) is 3.53. The van der Waals surface area contributed by atoms with Crippen LogP contribution in [-0.4, -0.2) is 24.4 Å². The summed E-state index contributed by atoms with van der Waals surface area (Å²) in [4.78, 5) is 10.7. The number of rotatable bonds is 3. The van der Waals surface area contributed by atoms with Crippen LogP contribution in [0.1, 0.15) is 12.5 Å². The summed E-state index contributed by atoms with van der Waals surface area (Å²) >= 11 is 0. The smallest absolute Gasteiger partial charge is 0.417 e. The van der Waals surface area contributed by atoms with Crippen LogP contribution >= 0.6 is 0 Å². The van der Waals surface area contributed by atoms with Crippen LogP contribution in [0.5, 0.6) is 5.75 Å². The molecule has 1 N–H and O–H groups in total. The molecule has 0 radical (unpaired) electrons. The third kappa shape index (κ3) is 3.03. The van der Waals surface area contributed by atoms with Crippen molar-refractivity contribution < 1.29 is 27.8 Å². The molecule has 0 aliphatic heterocycles. The second-order valence-corrected chi connectivity index (χ2v) is 3.53.